The molecule has 0 aromatic heterocycles. The van der Waals surface area contributed by atoms with Gasteiger partial charge in [-0.05, 0) is 12.1 Å². The first kappa shape index (κ1) is 13.3. The van der Waals surface area contributed by atoms with Gasteiger partial charge < -0.3 is 10.0 Å². The van der Waals surface area contributed by atoms with E-state index in [9.17, 15) is 19.7 Å². The van der Waals surface area contributed by atoms with Gasteiger partial charge in [-0.3, -0.25) is 19.7 Å². The quantitative estimate of drug-likeness (QED) is 0.668. The molecule has 7 nitrogen and oxygen atoms in total. The average molecular weight is 285 g/mol. The molecule has 1 aliphatic rings. The second-order valence-electron chi connectivity index (χ2n) is 4.16. The summed E-state index contributed by atoms with van der Waals surface area (Å²) < 4.78 is 0. The van der Waals surface area contributed by atoms with Gasteiger partial charge in [0.15, 0.2) is 0 Å². The molecule has 0 spiro atoms. The minimum absolute atomic E-state index is 0.0534. The van der Waals surface area contributed by atoms with Crippen LogP contribution < -0.4 is 0 Å². The Morgan fingerprint density at radius 1 is 1.42 bits per heavy atom. The number of halogens is 1. The van der Waals surface area contributed by atoms with Crippen LogP contribution in [0.15, 0.2) is 18.2 Å². The van der Waals surface area contributed by atoms with E-state index in [0.717, 1.165) is 6.07 Å². The minimum atomic E-state index is -0.982. The van der Waals surface area contributed by atoms with Crippen LogP contribution in [-0.4, -0.2) is 39.9 Å². The van der Waals surface area contributed by atoms with Crippen LogP contribution >= 0.6 is 11.6 Å². The summed E-state index contributed by atoms with van der Waals surface area (Å²) >= 11 is 5.72. The van der Waals surface area contributed by atoms with Crippen LogP contribution in [0.25, 0.3) is 0 Å². The molecule has 1 N–H and O–H groups in total. The van der Waals surface area contributed by atoms with Gasteiger partial charge in [0, 0.05) is 24.2 Å². The molecule has 0 unspecified atom stereocenters. The molecular formula is C11H9ClN2O5. The van der Waals surface area contributed by atoms with Crippen molar-refractivity contribution in [1.29, 1.82) is 0 Å². The van der Waals surface area contributed by atoms with Gasteiger partial charge in [-0.25, -0.2) is 0 Å². The zero-order chi connectivity index (χ0) is 14.2. The summed E-state index contributed by atoms with van der Waals surface area (Å²) in [5.41, 5.74) is -0.463. The number of nitro groups is 1. The number of nitrogens with zero attached hydrogens (tertiary/aromatic N) is 2. The molecule has 1 aromatic rings. The van der Waals surface area contributed by atoms with Crippen LogP contribution in [-0.2, 0) is 4.79 Å². The highest BCUT2D eigenvalue weighted by molar-refractivity contribution is 6.31. The van der Waals surface area contributed by atoms with Gasteiger partial charge >= 0.3 is 5.97 Å². The Kier molecular flexibility index (Phi) is 3.39. The Hall–Kier alpha value is -2.15. The summed E-state index contributed by atoms with van der Waals surface area (Å²) in [6.45, 7) is 0.107. The predicted octanol–water partition coefficient (Wildman–Crippen LogP) is 1.40. The molecule has 0 saturated carbocycles. The molecule has 0 atom stereocenters. The number of carboxylic acids is 1. The number of aliphatic carboxylic acids is 1. The lowest BCUT2D eigenvalue weighted by Gasteiger charge is -2.36. The third kappa shape index (κ3) is 2.50. The van der Waals surface area contributed by atoms with Crippen molar-refractivity contribution in [1.82, 2.24) is 4.90 Å². The number of carboxylic acid groups (broad SMARTS) is 1. The van der Waals surface area contributed by atoms with Gasteiger partial charge in [0.2, 0.25) is 0 Å². The SMILES string of the molecule is O=C(O)C1CN(C(=O)c2cc(Cl)ccc2[N+](=O)[O-])C1. The fourth-order valence-electron chi connectivity index (χ4n) is 1.81. The van der Waals surface area contributed by atoms with Crippen molar-refractivity contribution in [3.63, 3.8) is 0 Å². The van der Waals surface area contributed by atoms with Crippen molar-refractivity contribution in [3.05, 3.63) is 38.9 Å². The van der Waals surface area contributed by atoms with Gasteiger partial charge in [0.05, 0.1) is 10.8 Å². The van der Waals surface area contributed by atoms with Gasteiger partial charge in [-0.2, -0.15) is 0 Å². The van der Waals surface area contributed by atoms with E-state index in [4.69, 9.17) is 16.7 Å². The van der Waals surface area contributed by atoms with Gasteiger partial charge in [-0.15, -0.1) is 0 Å². The maximum Gasteiger partial charge on any atom is 0.310 e. The number of hydrogen-bond donors (Lipinski definition) is 1. The molecule has 19 heavy (non-hydrogen) atoms. The number of rotatable bonds is 3. The van der Waals surface area contributed by atoms with Crippen molar-refractivity contribution in [3.8, 4) is 0 Å². The van der Waals surface area contributed by atoms with E-state index in [0.29, 0.717) is 0 Å². The highest BCUT2D eigenvalue weighted by atomic mass is 35.5. The number of amides is 1. The van der Waals surface area contributed by atoms with E-state index in [2.05, 4.69) is 0 Å². The van der Waals surface area contributed by atoms with E-state index >= 15 is 0 Å². The topological polar surface area (TPSA) is 101 Å². The number of likely N-dealkylation sites (tertiary alicyclic amines) is 1. The van der Waals surface area contributed by atoms with Crippen LogP contribution in [0.5, 0.6) is 0 Å². The number of carbonyl (C=O) groups is 2. The van der Waals surface area contributed by atoms with Crippen molar-refractivity contribution in [2.24, 2.45) is 5.92 Å². The van der Waals surface area contributed by atoms with E-state index < -0.39 is 22.7 Å². The average Bonchev–Trinajstić information content (AvgIpc) is 2.25. The molecule has 1 aliphatic heterocycles. The van der Waals surface area contributed by atoms with E-state index in [-0.39, 0.29) is 29.4 Å². The standard InChI is InChI=1S/C11H9ClN2O5/c12-7-1-2-9(14(18)19)8(3-7)10(15)13-4-6(5-13)11(16)17/h1-3,6H,4-5H2,(H,16,17). The predicted molar refractivity (Wildman–Crippen MR) is 65.1 cm³/mol. The molecule has 1 amide bonds. The molecule has 8 heteroatoms. The normalized spacial score (nSPS) is 14.9. The number of nitro benzene ring substituents is 1. The Morgan fingerprint density at radius 2 is 2.05 bits per heavy atom. The van der Waals surface area contributed by atoms with Crippen molar-refractivity contribution < 1.29 is 19.6 Å². The lowest BCUT2D eigenvalue weighted by atomic mass is 9.99. The van der Waals surface area contributed by atoms with Crippen LogP contribution in [0.4, 0.5) is 5.69 Å². The number of carbonyl (C=O) groups excluding carboxylic acids is 1. The van der Waals surface area contributed by atoms with Crippen molar-refractivity contribution in [2.45, 2.75) is 0 Å². The molecule has 1 aromatic carbocycles. The van der Waals surface area contributed by atoms with Crippen LogP contribution in [0.2, 0.25) is 5.02 Å². The van der Waals surface area contributed by atoms with Crippen molar-refractivity contribution in [2.75, 3.05) is 13.1 Å². The van der Waals surface area contributed by atoms with Crippen LogP contribution in [0.1, 0.15) is 10.4 Å². The van der Waals surface area contributed by atoms with Gasteiger partial charge in [0.25, 0.3) is 11.6 Å². The van der Waals surface area contributed by atoms with Crippen LogP contribution in [0.3, 0.4) is 0 Å². The molecule has 0 aliphatic carbocycles. The third-order valence-corrected chi connectivity index (χ3v) is 3.14. The molecule has 2 rings (SSSR count). The largest absolute Gasteiger partial charge is 0.481 e. The number of benzene rings is 1. The van der Waals surface area contributed by atoms with Gasteiger partial charge in [0.1, 0.15) is 5.56 Å². The highest BCUT2D eigenvalue weighted by Crippen LogP contribution is 2.27. The fraction of sp³-hybridized carbons (Fsp3) is 0.273. The van der Waals surface area contributed by atoms with E-state index in [1.54, 1.807) is 0 Å². The Morgan fingerprint density at radius 3 is 2.58 bits per heavy atom. The summed E-state index contributed by atoms with van der Waals surface area (Å²) in [5.74, 6) is -2.17. The summed E-state index contributed by atoms with van der Waals surface area (Å²) in [7, 11) is 0. The first-order valence-corrected chi connectivity index (χ1v) is 5.74. The van der Waals surface area contributed by atoms with E-state index in [1.165, 1.54) is 17.0 Å². The molecule has 1 fully saturated rings. The Bertz CT molecular complexity index is 568. The molecule has 0 bridgehead atoms. The lowest BCUT2D eigenvalue weighted by molar-refractivity contribution is -0.385. The zero-order valence-corrected chi connectivity index (χ0v) is 10.3. The molecule has 100 valence electrons. The summed E-state index contributed by atoms with van der Waals surface area (Å²) in [6.07, 6.45) is 0. The fourth-order valence-corrected chi connectivity index (χ4v) is 1.98. The first-order chi connectivity index (χ1) is 8.90. The molecule has 1 heterocycles. The second-order valence-corrected chi connectivity index (χ2v) is 4.60. The third-order valence-electron chi connectivity index (χ3n) is 2.90. The summed E-state index contributed by atoms with van der Waals surface area (Å²) in [5, 5.41) is 19.8. The maximum absolute atomic E-state index is 12.0. The molecule has 1 saturated heterocycles. The van der Waals surface area contributed by atoms with Crippen molar-refractivity contribution >= 4 is 29.2 Å². The lowest BCUT2D eigenvalue weighted by Crippen LogP contribution is -2.53. The first-order valence-electron chi connectivity index (χ1n) is 5.36. The summed E-state index contributed by atoms with van der Waals surface area (Å²) in [4.78, 5) is 34.1. The minimum Gasteiger partial charge on any atom is -0.481 e. The monoisotopic (exact) mass is 284 g/mol. The van der Waals surface area contributed by atoms with E-state index in [1.807, 2.05) is 0 Å². The van der Waals surface area contributed by atoms with Gasteiger partial charge in [-0.1, -0.05) is 11.6 Å². The smallest absolute Gasteiger partial charge is 0.310 e. The number of hydrogen-bond acceptors (Lipinski definition) is 4. The Labute approximate surface area is 112 Å². The maximum atomic E-state index is 12.0. The van der Waals surface area contributed by atoms with Crippen LogP contribution in [0, 0.1) is 16.0 Å². The molecular weight excluding hydrogens is 276 g/mol. The second kappa shape index (κ2) is 4.85. The highest BCUT2D eigenvalue weighted by Gasteiger charge is 2.37. The summed E-state index contributed by atoms with van der Waals surface area (Å²) in [6, 6.07) is 3.70. The molecule has 0 radical (unpaired) electrons. The Balaban J connectivity index is 2.23. The zero-order valence-electron chi connectivity index (χ0n) is 9.58.